The molecule has 0 fully saturated rings. The molecule has 0 aliphatic rings. The van der Waals surface area contributed by atoms with Gasteiger partial charge in [-0.25, -0.2) is 14.9 Å². The summed E-state index contributed by atoms with van der Waals surface area (Å²) in [6.45, 7) is 2.47. The van der Waals surface area contributed by atoms with E-state index in [-0.39, 0.29) is 5.69 Å². The minimum absolute atomic E-state index is 0.201. The van der Waals surface area contributed by atoms with Gasteiger partial charge in [-0.2, -0.15) is 5.26 Å². The highest BCUT2D eigenvalue weighted by Gasteiger charge is 2.07. The first kappa shape index (κ1) is 12.4. The normalized spacial score (nSPS) is 10.2. The number of pyridine rings is 1. The summed E-state index contributed by atoms with van der Waals surface area (Å²) in [5, 5.41) is 15.8. The molecule has 2 heterocycles. The van der Waals surface area contributed by atoms with Gasteiger partial charge in [0.1, 0.15) is 11.8 Å². The molecule has 0 aromatic carbocycles. The predicted octanol–water partition coefficient (Wildman–Crippen LogP) is 1.15. The van der Waals surface area contributed by atoms with Crippen molar-refractivity contribution in [3.63, 3.8) is 0 Å². The van der Waals surface area contributed by atoms with Crippen LogP contribution in [0.15, 0.2) is 28.3 Å². The van der Waals surface area contributed by atoms with Crippen molar-refractivity contribution in [1.82, 2.24) is 19.7 Å². The largest absolute Gasteiger partial charge is 0.343 e. The van der Waals surface area contributed by atoms with E-state index in [1.54, 1.807) is 16.8 Å². The Bertz CT molecular complexity index is 639. The molecule has 0 spiro atoms. The highest BCUT2D eigenvalue weighted by atomic mass is 32.2. The van der Waals surface area contributed by atoms with Crippen LogP contribution in [0.1, 0.15) is 18.2 Å². The van der Waals surface area contributed by atoms with Gasteiger partial charge in [0.25, 0.3) is 0 Å². The van der Waals surface area contributed by atoms with Crippen LogP contribution in [0.25, 0.3) is 0 Å². The number of hydrogen-bond acceptors (Lipinski definition) is 5. The van der Waals surface area contributed by atoms with Crippen LogP contribution in [0.4, 0.5) is 0 Å². The summed E-state index contributed by atoms with van der Waals surface area (Å²) in [6, 6.07) is 5.57. The first-order chi connectivity index (χ1) is 8.74. The highest BCUT2D eigenvalue weighted by Crippen LogP contribution is 2.19. The lowest BCUT2D eigenvalue weighted by Gasteiger charge is -2.02. The quantitative estimate of drug-likeness (QED) is 0.834. The van der Waals surface area contributed by atoms with Gasteiger partial charge in [-0.15, -0.1) is 5.10 Å². The fourth-order valence-electron chi connectivity index (χ4n) is 1.47. The van der Waals surface area contributed by atoms with Gasteiger partial charge in [0.05, 0.1) is 0 Å². The van der Waals surface area contributed by atoms with Crippen molar-refractivity contribution in [2.75, 3.05) is 0 Å². The van der Waals surface area contributed by atoms with Crippen molar-refractivity contribution < 1.29 is 0 Å². The SMILES string of the molecule is CCn1c(SCc2ccnc(C#N)c2)n[nH]c1=O. The summed E-state index contributed by atoms with van der Waals surface area (Å²) in [5.41, 5.74) is 1.17. The van der Waals surface area contributed by atoms with E-state index in [1.807, 2.05) is 19.1 Å². The van der Waals surface area contributed by atoms with Crippen LogP contribution < -0.4 is 5.69 Å². The molecule has 18 heavy (non-hydrogen) atoms. The van der Waals surface area contributed by atoms with Crippen molar-refractivity contribution in [3.8, 4) is 6.07 Å². The number of hydrogen-bond donors (Lipinski definition) is 1. The molecule has 0 unspecified atom stereocenters. The van der Waals surface area contributed by atoms with E-state index in [1.165, 1.54) is 11.8 Å². The minimum Gasteiger partial charge on any atom is -0.270 e. The number of nitrogens with zero attached hydrogens (tertiary/aromatic N) is 4. The molecule has 0 aliphatic heterocycles. The van der Waals surface area contributed by atoms with Gasteiger partial charge in [-0.1, -0.05) is 11.8 Å². The minimum atomic E-state index is -0.201. The third-order valence-electron chi connectivity index (χ3n) is 2.35. The van der Waals surface area contributed by atoms with Gasteiger partial charge in [-0.3, -0.25) is 4.57 Å². The van der Waals surface area contributed by atoms with Crippen LogP contribution in [0.5, 0.6) is 0 Å². The Morgan fingerprint density at radius 2 is 2.44 bits per heavy atom. The van der Waals surface area contributed by atoms with Gasteiger partial charge in [0, 0.05) is 18.5 Å². The zero-order valence-corrected chi connectivity index (χ0v) is 10.6. The molecule has 0 atom stereocenters. The molecule has 2 rings (SSSR count). The Hall–Kier alpha value is -2.07. The summed E-state index contributed by atoms with van der Waals surface area (Å²) in [5.74, 6) is 0.640. The molecule has 1 N–H and O–H groups in total. The van der Waals surface area contributed by atoms with Crippen LogP contribution in [0.2, 0.25) is 0 Å². The summed E-state index contributed by atoms with van der Waals surface area (Å²) in [7, 11) is 0. The summed E-state index contributed by atoms with van der Waals surface area (Å²) in [4.78, 5) is 15.3. The van der Waals surface area contributed by atoms with Crippen LogP contribution >= 0.6 is 11.8 Å². The number of nitrogens with one attached hydrogen (secondary N) is 1. The Labute approximate surface area is 108 Å². The van der Waals surface area contributed by atoms with Gasteiger partial charge < -0.3 is 0 Å². The van der Waals surface area contributed by atoms with Gasteiger partial charge in [0.2, 0.25) is 0 Å². The smallest absolute Gasteiger partial charge is 0.270 e. The Morgan fingerprint density at radius 1 is 1.61 bits per heavy atom. The van der Waals surface area contributed by atoms with Crippen LogP contribution in [-0.2, 0) is 12.3 Å². The molecule has 0 radical (unpaired) electrons. The van der Waals surface area contributed by atoms with Gasteiger partial charge in [0.15, 0.2) is 5.16 Å². The second-order valence-corrected chi connectivity index (χ2v) is 4.45. The lowest BCUT2D eigenvalue weighted by Crippen LogP contribution is -2.16. The Kier molecular flexibility index (Phi) is 3.79. The molecular formula is C11H11N5OS. The van der Waals surface area contributed by atoms with Crippen LogP contribution in [0.3, 0.4) is 0 Å². The molecule has 2 aromatic rings. The van der Waals surface area contributed by atoms with E-state index < -0.39 is 0 Å². The first-order valence-electron chi connectivity index (χ1n) is 5.37. The molecule has 0 bridgehead atoms. The lowest BCUT2D eigenvalue weighted by molar-refractivity contribution is 0.660. The second kappa shape index (κ2) is 5.51. The number of thioether (sulfide) groups is 1. The number of rotatable bonds is 4. The van der Waals surface area contributed by atoms with E-state index in [4.69, 9.17) is 5.26 Å². The van der Waals surface area contributed by atoms with Gasteiger partial charge in [-0.05, 0) is 24.6 Å². The maximum atomic E-state index is 11.4. The zero-order chi connectivity index (χ0) is 13.0. The lowest BCUT2D eigenvalue weighted by atomic mass is 10.2. The second-order valence-electron chi connectivity index (χ2n) is 3.51. The average Bonchev–Trinajstić information content (AvgIpc) is 2.77. The Balaban J connectivity index is 2.11. The monoisotopic (exact) mass is 261 g/mol. The molecule has 92 valence electrons. The maximum Gasteiger partial charge on any atom is 0.343 e. The number of aromatic amines is 1. The van der Waals surface area contributed by atoms with Crippen LogP contribution in [-0.4, -0.2) is 19.7 Å². The molecular weight excluding hydrogens is 250 g/mol. The van der Waals surface area contributed by atoms with Crippen molar-refractivity contribution in [2.24, 2.45) is 0 Å². The third-order valence-corrected chi connectivity index (χ3v) is 3.39. The molecule has 0 saturated heterocycles. The fourth-order valence-corrected chi connectivity index (χ4v) is 2.42. The number of nitriles is 1. The summed E-state index contributed by atoms with van der Waals surface area (Å²) in [6.07, 6.45) is 1.60. The van der Waals surface area contributed by atoms with E-state index in [0.717, 1.165) is 5.56 Å². The molecule has 0 aliphatic carbocycles. The third kappa shape index (κ3) is 2.60. The highest BCUT2D eigenvalue weighted by molar-refractivity contribution is 7.98. The summed E-state index contributed by atoms with van der Waals surface area (Å²) >= 11 is 1.45. The molecule has 6 nitrogen and oxygen atoms in total. The van der Waals surface area contributed by atoms with E-state index in [9.17, 15) is 4.79 Å². The zero-order valence-electron chi connectivity index (χ0n) is 9.75. The molecule has 7 heteroatoms. The van der Waals surface area contributed by atoms with Crippen molar-refractivity contribution in [2.45, 2.75) is 24.4 Å². The van der Waals surface area contributed by atoms with Crippen molar-refractivity contribution in [1.29, 1.82) is 5.26 Å². The van der Waals surface area contributed by atoms with Gasteiger partial charge >= 0.3 is 5.69 Å². The first-order valence-corrected chi connectivity index (χ1v) is 6.36. The Morgan fingerprint density at radius 3 is 3.17 bits per heavy atom. The average molecular weight is 261 g/mol. The van der Waals surface area contributed by atoms with E-state index >= 15 is 0 Å². The predicted molar refractivity (Wildman–Crippen MR) is 67.0 cm³/mol. The number of H-pyrrole nitrogens is 1. The number of aromatic nitrogens is 4. The fraction of sp³-hybridized carbons (Fsp3) is 0.273. The molecule has 0 amide bonds. The molecule has 2 aromatic heterocycles. The standard InChI is InChI=1S/C11H11N5OS/c1-2-16-10(17)14-15-11(16)18-7-8-3-4-13-9(5-8)6-12/h3-5H,2,7H2,1H3,(H,14,17). The molecule has 0 saturated carbocycles. The summed E-state index contributed by atoms with van der Waals surface area (Å²) < 4.78 is 1.57. The van der Waals surface area contributed by atoms with Crippen LogP contribution in [0, 0.1) is 11.3 Å². The van der Waals surface area contributed by atoms with E-state index in [2.05, 4.69) is 15.2 Å². The van der Waals surface area contributed by atoms with Crippen molar-refractivity contribution in [3.05, 3.63) is 40.1 Å². The van der Waals surface area contributed by atoms with E-state index in [0.29, 0.717) is 23.1 Å². The van der Waals surface area contributed by atoms with Crippen molar-refractivity contribution >= 4 is 11.8 Å². The maximum absolute atomic E-state index is 11.4. The topological polar surface area (TPSA) is 87.4 Å².